The Morgan fingerprint density at radius 3 is 2.85 bits per heavy atom. The molecular weight excluding hydrogens is 250 g/mol. The van der Waals surface area contributed by atoms with Gasteiger partial charge in [-0.1, -0.05) is 26.0 Å². The van der Waals surface area contributed by atoms with E-state index < -0.39 is 0 Å². The maximum atomic E-state index is 4.22. The quantitative estimate of drug-likeness (QED) is 0.862. The van der Waals surface area contributed by atoms with Crippen LogP contribution in [0.3, 0.4) is 0 Å². The van der Waals surface area contributed by atoms with Gasteiger partial charge in [0.05, 0.1) is 12.2 Å². The van der Waals surface area contributed by atoms with Gasteiger partial charge in [0.25, 0.3) is 0 Å². The van der Waals surface area contributed by atoms with E-state index in [4.69, 9.17) is 0 Å². The number of likely N-dealkylation sites (tertiary alicyclic amines) is 1. The van der Waals surface area contributed by atoms with Gasteiger partial charge < -0.3 is 5.32 Å². The minimum absolute atomic E-state index is 0.677. The standard InChI is InChI=1S/C15H29N5/c1-5-16-9-15-11-20(18-17-15)7-6-19-10-12(2)8-13(3)14(19)4/h11-14,16H,5-10H2,1-4H3. The Hall–Kier alpha value is -0.940. The molecule has 2 heterocycles. The molecule has 1 fully saturated rings. The van der Waals surface area contributed by atoms with Crippen LogP contribution >= 0.6 is 0 Å². The van der Waals surface area contributed by atoms with Gasteiger partial charge in [-0.25, -0.2) is 0 Å². The van der Waals surface area contributed by atoms with Gasteiger partial charge in [-0.15, -0.1) is 5.10 Å². The molecule has 1 aliphatic rings. The third-order valence-corrected chi connectivity index (χ3v) is 4.48. The first-order valence-electron chi connectivity index (χ1n) is 7.94. The Bertz CT molecular complexity index is 403. The van der Waals surface area contributed by atoms with Gasteiger partial charge in [-0.05, 0) is 31.7 Å². The van der Waals surface area contributed by atoms with E-state index in [-0.39, 0.29) is 0 Å². The molecule has 3 unspecified atom stereocenters. The van der Waals surface area contributed by atoms with E-state index in [1.54, 1.807) is 0 Å². The molecule has 0 bridgehead atoms. The van der Waals surface area contributed by atoms with E-state index in [0.717, 1.165) is 43.7 Å². The zero-order valence-corrected chi connectivity index (χ0v) is 13.3. The van der Waals surface area contributed by atoms with Crippen LogP contribution < -0.4 is 5.32 Å². The van der Waals surface area contributed by atoms with Crippen molar-refractivity contribution in [3.63, 3.8) is 0 Å². The Kier molecular flexibility index (Phi) is 5.54. The third-order valence-electron chi connectivity index (χ3n) is 4.48. The predicted molar refractivity (Wildman–Crippen MR) is 81.4 cm³/mol. The predicted octanol–water partition coefficient (Wildman–Crippen LogP) is 1.75. The van der Waals surface area contributed by atoms with Crippen LogP contribution in [0.2, 0.25) is 0 Å². The highest BCUT2D eigenvalue weighted by Gasteiger charge is 2.28. The zero-order valence-electron chi connectivity index (χ0n) is 13.3. The van der Waals surface area contributed by atoms with E-state index in [0.29, 0.717) is 6.04 Å². The van der Waals surface area contributed by atoms with Crippen LogP contribution in [-0.2, 0) is 13.1 Å². The number of nitrogens with zero attached hydrogens (tertiary/aromatic N) is 4. The molecule has 1 aromatic heterocycles. The molecule has 20 heavy (non-hydrogen) atoms. The van der Waals surface area contributed by atoms with Gasteiger partial charge in [0.2, 0.25) is 0 Å². The third kappa shape index (κ3) is 4.03. The van der Waals surface area contributed by atoms with Crippen LogP contribution in [0.1, 0.15) is 39.8 Å². The fraction of sp³-hybridized carbons (Fsp3) is 0.867. The van der Waals surface area contributed by atoms with E-state index >= 15 is 0 Å². The van der Waals surface area contributed by atoms with Gasteiger partial charge in [0, 0.05) is 31.9 Å². The number of rotatable bonds is 6. The van der Waals surface area contributed by atoms with Crippen LogP contribution in [0.25, 0.3) is 0 Å². The topological polar surface area (TPSA) is 46.0 Å². The fourth-order valence-electron chi connectivity index (χ4n) is 3.14. The average molecular weight is 279 g/mol. The fourth-order valence-corrected chi connectivity index (χ4v) is 3.14. The smallest absolute Gasteiger partial charge is 0.0964 e. The summed E-state index contributed by atoms with van der Waals surface area (Å²) in [7, 11) is 0. The summed E-state index contributed by atoms with van der Waals surface area (Å²) >= 11 is 0. The van der Waals surface area contributed by atoms with Gasteiger partial charge in [-0.3, -0.25) is 9.58 Å². The average Bonchev–Trinajstić information content (AvgIpc) is 2.86. The molecule has 0 amide bonds. The van der Waals surface area contributed by atoms with Crippen LogP contribution in [0.15, 0.2) is 6.20 Å². The van der Waals surface area contributed by atoms with E-state index in [1.807, 2.05) is 4.68 Å². The molecule has 1 aromatic rings. The van der Waals surface area contributed by atoms with Crippen LogP contribution in [-0.4, -0.2) is 45.6 Å². The van der Waals surface area contributed by atoms with Gasteiger partial charge in [0.15, 0.2) is 0 Å². The van der Waals surface area contributed by atoms with Crippen molar-refractivity contribution in [1.82, 2.24) is 25.2 Å². The molecule has 0 radical (unpaired) electrons. The molecular formula is C15H29N5. The molecule has 5 heteroatoms. The Morgan fingerprint density at radius 2 is 2.10 bits per heavy atom. The summed E-state index contributed by atoms with van der Waals surface area (Å²) in [6.07, 6.45) is 3.41. The molecule has 0 saturated carbocycles. The first kappa shape index (κ1) is 15.4. The van der Waals surface area contributed by atoms with E-state index in [2.05, 4.69) is 54.4 Å². The Balaban J connectivity index is 1.83. The lowest BCUT2D eigenvalue weighted by Crippen LogP contribution is -2.46. The normalized spacial score (nSPS) is 27.9. The molecule has 1 aliphatic heterocycles. The molecule has 3 atom stereocenters. The summed E-state index contributed by atoms with van der Waals surface area (Å²) in [6, 6.07) is 0.677. The van der Waals surface area contributed by atoms with E-state index in [1.165, 1.54) is 13.0 Å². The largest absolute Gasteiger partial charge is 0.311 e. The monoisotopic (exact) mass is 279 g/mol. The molecule has 1 saturated heterocycles. The summed E-state index contributed by atoms with van der Waals surface area (Å²) in [5.74, 6) is 1.60. The summed E-state index contributed by atoms with van der Waals surface area (Å²) in [4.78, 5) is 2.60. The second-order valence-corrected chi connectivity index (χ2v) is 6.31. The summed E-state index contributed by atoms with van der Waals surface area (Å²) in [5, 5.41) is 11.7. The SMILES string of the molecule is CCNCc1cn(CCN2CC(C)CC(C)C2C)nn1. The second kappa shape index (κ2) is 7.18. The van der Waals surface area contributed by atoms with Crippen LogP contribution in [0.4, 0.5) is 0 Å². The number of hydrogen-bond acceptors (Lipinski definition) is 4. The zero-order chi connectivity index (χ0) is 14.5. The van der Waals surface area contributed by atoms with E-state index in [9.17, 15) is 0 Å². The number of hydrogen-bond donors (Lipinski definition) is 1. The van der Waals surface area contributed by atoms with Crippen molar-refractivity contribution >= 4 is 0 Å². The van der Waals surface area contributed by atoms with Crippen molar-refractivity contribution < 1.29 is 0 Å². The lowest BCUT2D eigenvalue weighted by atomic mass is 9.86. The Morgan fingerprint density at radius 1 is 1.30 bits per heavy atom. The van der Waals surface area contributed by atoms with Crippen molar-refractivity contribution in [3.8, 4) is 0 Å². The highest BCUT2D eigenvalue weighted by molar-refractivity contribution is 4.91. The number of aromatic nitrogens is 3. The van der Waals surface area contributed by atoms with Gasteiger partial charge in [0.1, 0.15) is 0 Å². The summed E-state index contributed by atoms with van der Waals surface area (Å²) < 4.78 is 1.98. The number of nitrogens with one attached hydrogen (secondary N) is 1. The van der Waals surface area contributed by atoms with Crippen molar-refractivity contribution in [2.45, 2.75) is 53.2 Å². The van der Waals surface area contributed by atoms with Crippen molar-refractivity contribution in [2.24, 2.45) is 11.8 Å². The molecule has 1 N–H and O–H groups in total. The Labute approximate surface area is 122 Å². The highest BCUT2D eigenvalue weighted by atomic mass is 15.4. The van der Waals surface area contributed by atoms with Crippen molar-refractivity contribution in [3.05, 3.63) is 11.9 Å². The molecule has 0 aromatic carbocycles. The maximum absolute atomic E-state index is 4.22. The number of piperidine rings is 1. The molecule has 0 spiro atoms. The molecule has 114 valence electrons. The lowest BCUT2D eigenvalue weighted by molar-refractivity contribution is 0.0754. The highest BCUT2D eigenvalue weighted by Crippen LogP contribution is 2.26. The van der Waals surface area contributed by atoms with Gasteiger partial charge >= 0.3 is 0 Å². The lowest BCUT2D eigenvalue weighted by Gasteiger charge is -2.41. The molecule has 2 rings (SSSR count). The minimum atomic E-state index is 0.677. The summed E-state index contributed by atoms with van der Waals surface area (Å²) in [6.45, 7) is 14.2. The first-order valence-corrected chi connectivity index (χ1v) is 7.94. The molecule has 5 nitrogen and oxygen atoms in total. The van der Waals surface area contributed by atoms with Crippen LogP contribution in [0, 0.1) is 11.8 Å². The second-order valence-electron chi connectivity index (χ2n) is 6.31. The minimum Gasteiger partial charge on any atom is -0.311 e. The van der Waals surface area contributed by atoms with Crippen LogP contribution in [0.5, 0.6) is 0 Å². The maximum Gasteiger partial charge on any atom is 0.0964 e. The van der Waals surface area contributed by atoms with Gasteiger partial charge in [-0.2, -0.15) is 0 Å². The molecule has 0 aliphatic carbocycles. The first-order chi connectivity index (χ1) is 9.60. The summed E-state index contributed by atoms with van der Waals surface area (Å²) in [5.41, 5.74) is 1.03. The van der Waals surface area contributed by atoms with Crippen molar-refractivity contribution in [2.75, 3.05) is 19.6 Å². The van der Waals surface area contributed by atoms with Crippen molar-refractivity contribution in [1.29, 1.82) is 0 Å².